The monoisotopic (exact) mass is 378 g/mol. The molecule has 0 amide bonds. The molecule has 2 rings (SSSR count). The number of phenols is 2. The highest BCUT2D eigenvalue weighted by atomic mass is 79.9. The van der Waals surface area contributed by atoms with E-state index < -0.39 is 11.9 Å². The topological polar surface area (TPSA) is 115 Å². The summed E-state index contributed by atoms with van der Waals surface area (Å²) in [6.45, 7) is 0. The third-order valence-electron chi connectivity index (χ3n) is 3.04. The highest BCUT2D eigenvalue weighted by molar-refractivity contribution is 9.10. The molecule has 4 N–H and O–H groups in total. The number of carboxylic acid groups (broad SMARTS) is 2. The van der Waals surface area contributed by atoms with Crippen LogP contribution in [0.1, 0.15) is 31.8 Å². The van der Waals surface area contributed by atoms with E-state index in [1.165, 1.54) is 30.3 Å². The van der Waals surface area contributed by atoms with Crippen molar-refractivity contribution in [1.29, 1.82) is 0 Å². The van der Waals surface area contributed by atoms with E-state index in [9.17, 15) is 19.8 Å². The number of carbonyl (C=O) groups is 2. The van der Waals surface area contributed by atoms with Gasteiger partial charge in [0.05, 0.1) is 4.47 Å². The normalized spacial score (nSPS) is 10.8. The largest absolute Gasteiger partial charge is 0.507 e. The number of hydrogen-bond acceptors (Lipinski definition) is 4. The van der Waals surface area contributed by atoms with Gasteiger partial charge < -0.3 is 20.4 Å². The fraction of sp³-hybridized carbons (Fsp3) is 0. The number of benzene rings is 2. The van der Waals surface area contributed by atoms with Crippen molar-refractivity contribution in [1.82, 2.24) is 0 Å². The Morgan fingerprint density at radius 3 is 2.04 bits per heavy atom. The van der Waals surface area contributed by atoms with Gasteiger partial charge in [-0.25, -0.2) is 9.59 Å². The van der Waals surface area contributed by atoms with Crippen LogP contribution in [0.25, 0.3) is 12.2 Å². The van der Waals surface area contributed by atoms with Crippen LogP contribution in [-0.2, 0) is 0 Å². The minimum atomic E-state index is -1.26. The molecular weight excluding hydrogens is 368 g/mol. The van der Waals surface area contributed by atoms with Gasteiger partial charge >= 0.3 is 11.9 Å². The summed E-state index contributed by atoms with van der Waals surface area (Å²) >= 11 is 3.08. The predicted molar refractivity (Wildman–Crippen MR) is 86.8 cm³/mol. The van der Waals surface area contributed by atoms with Gasteiger partial charge in [0.15, 0.2) is 0 Å². The Labute approximate surface area is 139 Å². The lowest BCUT2D eigenvalue weighted by molar-refractivity contribution is 0.0682. The number of carboxylic acids is 2. The Hall–Kier alpha value is -2.80. The molecular formula is C16H11BrO6. The summed E-state index contributed by atoms with van der Waals surface area (Å²) in [5.74, 6) is -3.22. The van der Waals surface area contributed by atoms with Gasteiger partial charge in [-0.3, -0.25) is 0 Å². The van der Waals surface area contributed by atoms with Crippen LogP contribution in [0.2, 0.25) is 0 Å². The standard InChI is InChI=1S/C16H11BrO6/c17-12-6-9(5-11(14(12)19)16(22)23)2-1-8-3-4-10(15(20)21)13(18)7-8/h1-7,18-19H,(H,20,21)(H,22,23)/b2-1+. The minimum Gasteiger partial charge on any atom is -0.507 e. The Morgan fingerprint density at radius 2 is 1.48 bits per heavy atom. The molecule has 7 heteroatoms. The van der Waals surface area contributed by atoms with Gasteiger partial charge in [-0.1, -0.05) is 18.2 Å². The lowest BCUT2D eigenvalue weighted by Crippen LogP contribution is -1.97. The average molecular weight is 379 g/mol. The third kappa shape index (κ3) is 3.70. The van der Waals surface area contributed by atoms with Crippen molar-refractivity contribution in [2.75, 3.05) is 0 Å². The summed E-state index contributed by atoms with van der Waals surface area (Å²) in [5.41, 5.74) is 0.591. The van der Waals surface area contributed by atoms with Crippen molar-refractivity contribution in [2.45, 2.75) is 0 Å². The summed E-state index contributed by atoms with van der Waals surface area (Å²) in [4.78, 5) is 21.9. The SMILES string of the molecule is O=C(O)c1ccc(/C=C/c2cc(Br)c(O)c(C(=O)O)c2)cc1O. The zero-order valence-corrected chi connectivity index (χ0v) is 13.1. The van der Waals surface area contributed by atoms with Crippen LogP contribution in [-0.4, -0.2) is 32.4 Å². The number of hydrogen-bond donors (Lipinski definition) is 4. The maximum absolute atomic E-state index is 11.1. The molecule has 0 aliphatic rings. The molecule has 0 spiro atoms. The Bertz CT molecular complexity index is 826. The Morgan fingerprint density at radius 1 is 0.870 bits per heavy atom. The second kappa shape index (κ2) is 6.53. The average Bonchev–Trinajstić information content (AvgIpc) is 2.47. The van der Waals surface area contributed by atoms with Crippen molar-refractivity contribution in [3.8, 4) is 11.5 Å². The molecule has 0 aromatic heterocycles. The van der Waals surface area contributed by atoms with Crippen LogP contribution in [0.4, 0.5) is 0 Å². The fourth-order valence-corrected chi connectivity index (χ4v) is 2.38. The number of aromatic hydroxyl groups is 2. The smallest absolute Gasteiger partial charge is 0.339 e. The molecule has 0 radical (unpaired) electrons. The quantitative estimate of drug-likeness (QED) is 0.605. The highest BCUT2D eigenvalue weighted by Gasteiger charge is 2.13. The van der Waals surface area contributed by atoms with E-state index >= 15 is 0 Å². The maximum atomic E-state index is 11.1. The van der Waals surface area contributed by atoms with E-state index in [1.54, 1.807) is 12.2 Å². The zero-order valence-electron chi connectivity index (χ0n) is 11.5. The molecule has 0 unspecified atom stereocenters. The van der Waals surface area contributed by atoms with Crippen molar-refractivity contribution >= 4 is 40.0 Å². The fourth-order valence-electron chi connectivity index (χ4n) is 1.90. The minimum absolute atomic E-state index is 0.206. The second-order valence-corrected chi connectivity index (χ2v) is 5.47. The van der Waals surface area contributed by atoms with Crippen LogP contribution in [0, 0.1) is 0 Å². The Kier molecular flexibility index (Phi) is 4.71. The zero-order chi connectivity index (χ0) is 17.1. The summed E-state index contributed by atoms with van der Waals surface area (Å²) in [7, 11) is 0. The molecule has 0 aliphatic carbocycles. The van der Waals surface area contributed by atoms with Crippen molar-refractivity contribution in [2.24, 2.45) is 0 Å². The van der Waals surface area contributed by atoms with Gasteiger partial charge in [-0.2, -0.15) is 0 Å². The van der Waals surface area contributed by atoms with E-state index in [2.05, 4.69) is 15.9 Å². The van der Waals surface area contributed by atoms with Gasteiger partial charge in [0.25, 0.3) is 0 Å². The number of aromatic carboxylic acids is 2. The van der Waals surface area contributed by atoms with E-state index in [4.69, 9.17) is 10.2 Å². The van der Waals surface area contributed by atoms with Gasteiger partial charge in [-0.15, -0.1) is 0 Å². The second-order valence-electron chi connectivity index (χ2n) is 4.62. The Balaban J connectivity index is 2.35. The number of halogens is 1. The molecule has 2 aromatic carbocycles. The van der Waals surface area contributed by atoms with Crippen molar-refractivity contribution < 1.29 is 30.0 Å². The van der Waals surface area contributed by atoms with Crippen LogP contribution in [0.15, 0.2) is 34.8 Å². The van der Waals surface area contributed by atoms with Gasteiger partial charge in [0, 0.05) is 0 Å². The van der Waals surface area contributed by atoms with Crippen LogP contribution >= 0.6 is 15.9 Å². The summed E-state index contributed by atoms with van der Waals surface area (Å²) < 4.78 is 0.237. The molecule has 0 fully saturated rings. The van der Waals surface area contributed by atoms with E-state index in [-0.39, 0.29) is 27.1 Å². The van der Waals surface area contributed by atoms with Crippen LogP contribution < -0.4 is 0 Å². The lowest BCUT2D eigenvalue weighted by atomic mass is 10.1. The molecule has 0 atom stereocenters. The molecule has 2 aromatic rings. The number of rotatable bonds is 4. The molecule has 0 saturated carbocycles. The molecule has 0 aliphatic heterocycles. The van der Waals surface area contributed by atoms with Gasteiger partial charge in [0.2, 0.25) is 0 Å². The van der Waals surface area contributed by atoms with E-state index in [0.717, 1.165) is 0 Å². The molecule has 118 valence electrons. The summed E-state index contributed by atoms with van der Waals surface area (Å²) in [6, 6.07) is 6.89. The molecule has 0 heterocycles. The molecule has 0 saturated heterocycles. The van der Waals surface area contributed by atoms with Crippen LogP contribution in [0.5, 0.6) is 11.5 Å². The predicted octanol–water partition coefficient (Wildman–Crippen LogP) is 3.43. The van der Waals surface area contributed by atoms with Gasteiger partial charge in [-0.05, 0) is 51.3 Å². The van der Waals surface area contributed by atoms with E-state index in [1.807, 2.05) is 0 Å². The summed E-state index contributed by atoms with van der Waals surface area (Å²) in [5, 5.41) is 37.1. The van der Waals surface area contributed by atoms with Crippen LogP contribution in [0.3, 0.4) is 0 Å². The first-order valence-electron chi connectivity index (χ1n) is 6.30. The first-order chi connectivity index (χ1) is 10.8. The van der Waals surface area contributed by atoms with Crippen molar-refractivity contribution in [3.05, 3.63) is 57.1 Å². The van der Waals surface area contributed by atoms with E-state index in [0.29, 0.717) is 11.1 Å². The third-order valence-corrected chi connectivity index (χ3v) is 3.64. The molecule has 6 nitrogen and oxygen atoms in total. The first-order valence-corrected chi connectivity index (χ1v) is 7.09. The summed E-state index contributed by atoms with van der Waals surface area (Å²) in [6.07, 6.45) is 3.15. The lowest BCUT2D eigenvalue weighted by Gasteiger charge is -2.04. The first kappa shape index (κ1) is 16.6. The molecule has 0 bridgehead atoms. The highest BCUT2D eigenvalue weighted by Crippen LogP contribution is 2.30. The van der Waals surface area contributed by atoms with Gasteiger partial charge in [0.1, 0.15) is 22.6 Å². The maximum Gasteiger partial charge on any atom is 0.339 e. The van der Waals surface area contributed by atoms with Crippen molar-refractivity contribution in [3.63, 3.8) is 0 Å². The molecule has 23 heavy (non-hydrogen) atoms.